The lowest BCUT2D eigenvalue weighted by Gasteiger charge is -2.07. The fraction of sp³-hybridized carbons (Fsp3) is 0.143. The highest BCUT2D eigenvalue weighted by atomic mass is 16.5. The Morgan fingerprint density at radius 3 is 2.56 bits per heavy atom. The number of fused-ring (bicyclic) bond motifs is 2. The van der Waals surface area contributed by atoms with Crippen molar-refractivity contribution in [3.05, 3.63) is 71.2 Å². The lowest BCUT2D eigenvalue weighted by molar-refractivity contribution is -0.134. The number of aromatic nitrogens is 1. The standard InChI is InChI=1S/C21H17NO5/c1-25-16-8-6-14-7-9-17(13-15(14)12-16)26-20(23)10-11-22-18-4-2-3-5-19(18)27-21(22)24/h2-9,12-13H,10-11H2,1H3. The molecule has 1 aromatic heterocycles. The van der Waals surface area contributed by atoms with Crippen molar-refractivity contribution >= 4 is 27.8 Å². The number of esters is 1. The Kier molecular flexibility index (Phi) is 4.38. The van der Waals surface area contributed by atoms with E-state index < -0.39 is 11.7 Å². The van der Waals surface area contributed by atoms with Gasteiger partial charge >= 0.3 is 11.7 Å². The van der Waals surface area contributed by atoms with Crippen molar-refractivity contribution in [2.45, 2.75) is 13.0 Å². The molecule has 0 N–H and O–H groups in total. The van der Waals surface area contributed by atoms with Gasteiger partial charge in [0.2, 0.25) is 0 Å². The van der Waals surface area contributed by atoms with Crippen LogP contribution in [0, 0.1) is 0 Å². The Hall–Kier alpha value is -3.54. The number of benzene rings is 3. The van der Waals surface area contributed by atoms with Crippen LogP contribution in [-0.2, 0) is 11.3 Å². The summed E-state index contributed by atoms with van der Waals surface area (Å²) in [5.74, 6) is 0.276. The summed E-state index contributed by atoms with van der Waals surface area (Å²) < 4.78 is 17.2. The zero-order chi connectivity index (χ0) is 18.8. The summed E-state index contributed by atoms with van der Waals surface area (Å²) in [6.45, 7) is 0.191. The van der Waals surface area contributed by atoms with E-state index in [4.69, 9.17) is 13.9 Å². The van der Waals surface area contributed by atoms with Crippen LogP contribution in [0.2, 0.25) is 0 Å². The molecule has 0 amide bonds. The number of para-hydroxylation sites is 2. The third-order valence-corrected chi connectivity index (χ3v) is 4.36. The molecule has 0 aliphatic rings. The number of ether oxygens (including phenoxy) is 2. The largest absolute Gasteiger partial charge is 0.497 e. The van der Waals surface area contributed by atoms with Crippen molar-refractivity contribution in [3.63, 3.8) is 0 Å². The van der Waals surface area contributed by atoms with Gasteiger partial charge in [-0.1, -0.05) is 24.3 Å². The molecule has 136 valence electrons. The van der Waals surface area contributed by atoms with Gasteiger partial charge in [-0.3, -0.25) is 9.36 Å². The van der Waals surface area contributed by atoms with E-state index in [1.54, 1.807) is 37.4 Å². The zero-order valence-electron chi connectivity index (χ0n) is 14.7. The van der Waals surface area contributed by atoms with E-state index >= 15 is 0 Å². The molecule has 3 aromatic carbocycles. The van der Waals surface area contributed by atoms with E-state index in [1.165, 1.54) is 4.57 Å². The van der Waals surface area contributed by atoms with Crippen molar-refractivity contribution in [2.75, 3.05) is 7.11 Å². The second-order valence-electron chi connectivity index (χ2n) is 6.09. The van der Waals surface area contributed by atoms with Gasteiger partial charge in [-0.05, 0) is 47.2 Å². The first-order valence-corrected chi connectivity index (χ1v) is 8.51. The molecule has 1 heterocycles. The number of carbonyl (C=O) groups is 1. The Morgan fingerprint density at radius 1 is 1.00 bits per heavy atom. The highest BCUT2D eigenvalue weighted by molar-refractivity contribution is 5.86. The molecule has 4 rings (SSSR count). The van der Waals surface area contributed by atoms with Crippen LogP contribution in [0.3, 0.4) is 0 Å². The molecular weight excluding hydrogens is 346 g/mol. The fourth-order valence-corrected chi connectivity index (χ4v) is 3.00. The molecule has 6 heteroatoms. The molecule has 0 spiro atoms. The Labute approximate surface area is 154 Å². The number of aryl methyl sites for hydroxylation is 1. The Balaban J connectivity index is 1.48. The van der Waals surface area contributed by atoms with Gasteiger partial charge in [-0.25, -0.2) is 4.79 Å². The molecule has 0 fully saturated rings. The minimum Gasteiger partial charge on any atom is -0.497 e. The number of oxazole rings is 1. The van der Waals surface area contributed by atoms with E-state index in [-0.39, 0.29) is 13.0 Å². The second-order valence-corrected chi connectivity index (χ2v) is 6.09. The summed E-state index contributed by atoms with van der Waals surface area (Å²) in [5, 5.41) is 1.93. The SMILES string of the molecule is COc1ccc2ccc(OC(=O)CCn3c(=O)oc4ccccc43)cc2c1. The van der Waals surface area contributed by atoms with Crippen molar-refractivity contribution in [1.82, 2.24) is 4.57 Å². The lowest BCUT2D eigenvalue weighted by Crippen LogP contribution is -2.18. The average Bonchev–Trinajstić information content (AvgIpc) is 3.00. The zero-order valence-corrected chi connectivity index (χ0v) is 14.7. The first-order valence-electron chi connectivity index (χ1n) is 8.51. The van der Waals surface area contributed by atoms with Crippen LogP contribution in [0.5, 0.6) is 11.5 Å². The van der Waals surface area contributed by atoms with Crippen molar-refractivity contribution in [2.24, 2.45) is 0 Å². The summed E-state index contributed by atoms with van der Waals surface area (Å²) in [6.07, 6.45) is 0.0551. The quantitative estimate of drug-likeness (QED) is 0.399. The van der Waals surface area contributed by atoms with Crippen LogP contribution in [0.1, 0.15) is 6.42 Å². The topological polar surface area (TPSA) is 70.7 Å². The van der Waals surface area contributed by atoms with Crippen molar-refractivity contribution in [1.29, 1.82) is 0 Å². The monoisotopic (exact) mass is 363 g/mol. The van der Waals surface area contributed by atoms with Crippen LogP contribution < -0.4 is 15.2 Å². The third-order valence-electron chi connectivity index (χ3n) is 4.36. The highest BCUT2D eigenvalue weighted by Crippen LogP contribution is 2.25. The second kappa shape index (κ2) is 6.99. The van der Waals surface area contributed by atoms with Crippen LogP contribution >= 0.6 is 0 Å². The molecule has 0 saturated heterocycles. The highest BCUT2D eigenvalue weighted by Gasteiger charge is 2.12. The van der Waals surface area contributed by atoms with E-state index in [0.717, 1.165) is 16.5 Å². The molecule has 0 saturated carbocycles. The molecule has 0 bridgehead atoms. The van der Waals surface area contributed by atoms with Crippen LogP contribution in [-0.4, -0.2) is 17.6 Å². The van der Waals surface area contributed by atoms with Crippen molar-refractivity contribution in [3.8, 4) is 11.5 Å². The molecule has 0 aliphatic carbocycles. The molecule has 0 atom stereocenters. The minimum atomic E-state index is -0.484. The maximum Gasteiger partial charge on any atom is 0.419 e. The van der Waals surface area contributed by atoms with Gasteiger partial charge in [0.05, 0.1) is 19.0 Å². The summed E-state index contributed by atoms with van der Waals surface area (Å²) in [5.41, 5.74) is 1.16. The maximum atomic E-state index is 12.2. The lowest BCUT2D eigenvalue weighted by atomic mass is 10.1. The molecule has 0 unspecified atom stereocenters. The van der Waals surface area contributed by atoms with Gasteiger partial charge in [-0.2, -0.15) is 0 Å². The smallest absolute Gasteiger partial charge is 0.419 e. The molecular formula is C21H17NO5. The fourth-order valence-electron chi connectivity index (χ4n) is 3.00. The molecule has 6 nitrogen and oxygen atoms in total. The maximum absolute atomic E-state index is 12.2. The van der Waals surface area contributed by atoms with Gasteiger partial charge in [0.15, 0.2) is 5.58 Å². The minimum absolute atomic E-state index is 0.0551. The van der Waals surface area contributed by atoms with Gasteiger partial charge in [-0.15, -0.1) is 0 Å². The van der Waals surface area contributed by atoms with E-state index in [0.29, 0.717) is 16.8 Å². The van der Waals surface area contributed by atoms with Gasteiger partial charge in [0, 0.05) is 6.54 Å². The van der Waals surface area contributed by atoms with Gasteiger partial charge in [0.1, 0.15) is 11.5 Å². The summed E-state index contributed by atoms with van der Waals surface area (Å²) in [7, 11) is 1.60. The summed E-state index contributed by atoms with van der Waals surface area (Å²) in [6, 6.07) is 18.2. The number of hydrogen-bond acceptors (Lipinski definition) is 5. The third kappa shape index (κ3) is 3.42. The molecule has 4 aromatic rings. The van der Waals surface area contributed by atoms with E-state index in [9.17, 15) is 9.59 Å². The predicted octanol–water partition coefficient (Wildman–Crippen LogP) is 3.75. The van der Waals surface area contributed by atoms with Crippen LogP contribution in [0.4, 0.5) is 0 Å². The molecule has 0 aliphatic heterocycles. The number of nitrogens with zero attached hydrogens (tertiary/aromatic N) is 1. The number of methoxy groups -OCH3 is 1. The number of rotatable bonds is 5. The number of hydrogen-bond donors (Lipinski definition) is 0. The molecule has 27 heavy (non-hydrogen) atoms. The summed E-state index contributed by atoms with van der Waals surface area (Å²) >= 11 is 0. The predicted molar refractivity (Wildman–Crippen MR) is 101 cm³/mol. The van der Waals surface area contributed by atoms with E-state index in [1.807, 2.05) is 30.3 Å². The van der Waals surface area contributed by atoms with Crippen LogP contribution in [0.25, 0.3) is 21.9 Å². The average molecular weight is 363 g/mol. The Morgan fingerprint density at radius 2 is 1.74 bits per heavy atom. The first-order chi connectivity index (χ1) is 13.1. The van der Waals surface area contributed by atoms with Crippen LogP contribution in [0.15, 0.2) is 69.9 Å². The van der Waals surface area contributed by atoms with Crippen molar-refractivity contribution < 1.29 is 18.7 Å². The number of carbonyl (C=O) groups excluding carboxylic acids is 1. The van der Waals surface area contributed by atoms with Gasteiger partial charge < -0.3 is 13.9 Å². The van der Waals surface area contributed by atoms with Gasteiger partial charge in [0.25, 0.3) is 0 Å². The normalized spacial score (nSPS) is 11.0. The first kappa shape index (κ1) is 16.9. The van der Waals surface area contributed by atoms with E-state index in [2.05, 4.69) is 0 Å². The Bertz CT molecular complexity index is 1190. The molecule has 0 radical (unpaired) electrons. The summed E-state index contributed by atoms with van der Waals surface area (Å²) in [4.78, 5) is 24.2.